The molecule has 7 atom stereocenters. The molecular formula is C81H76O9. The molecule has 454 valence electrons. The minimum absolute atomic E-state index is 0.0451. The van der Waals surface area contributed by atoms with Crippen LogP contribution in [0.15, 0.2) is 255 Å². The number of rotatable bonds is 24. The predicted octanol–water partition coefficient (Wildman–Crippen LogP) is 17.1. The standard InChI is InChI=1S/C81H76O9/c1-78(2,57-25-29-59(30-26-57)81(62-35-39-65(40-36-62)84-51-70-52-85-70)48-75(56-19-11-6-12-20-56)73-44-42-69(46-77(73)81)90-67-23-15-8-16-24-67)87-50-63(82)49-83-64-37-33-61(34-38-64)80(60-31-27-58(28-32-60)79(3,4)88-54-71-53-86-71)47-74(55-17-9-5-10-18-55)72-43-41-68(45-76(72)80)89-66-21-13-7-14-22-66/h5-46,63,70-71,74-75,82H,47-54H2,1-4H3. The van der Waals surface area contributed by atoms with Gasteiger partial charge in [0, 0.05) is 22.7 Å². The lowest BCUT2D eigenvalue weighted by molar-refractivity contribution is -0.0717. The van der Waals surface area contributed by atoms with Crippen LogP contribution in [0.4, 0.5) is 0 Å². The number of aliphatic hydroxyl groups is 1. The van der Waals surface area contributed by atoms with Crippen LogP contribution in [0.3, 0.4) is 0 Å². The highest BCUT2D eigenvalue weighted by molar-refractivity contribution is 5.65. The Kier molecular flexibility index (Phi) is 16.3. The van der Waals surface area contributed by atoms with Crippen LogP contribution in [0.1, 0.15) is 119 Å². The first-order valence-electron chi connectivity index (χ1n) is 31.6. The van der Waals surface area contributed by atoms with E-state index in [0.717, 1.165) is 82.6 Å². The van der Waals surface area contributed by atoms with E-state index in [1.54, 1.807) is 0 Å². The van der Waals surface area contributed by atoms with Gasteiger partial charge in [0.1, 0.15) is 66.0 Å². The molecule has 0 bridgehead atoms. The monoisotopic (exact) mass is 1190 g/mol. The first-order chi connectivity index (χ1) is 43.9. The molecule has 2 heterocycles. The Balaban J connectivity index is 0.717. The van der Waals surface area contributed by atoms with Crippen LogP contribution in [-0.4, -0.2) is 63.1 Å². The summed E-state index contributed by atoms with van der Waals surface area (Å²) in [6.45, 7) is 11.1. The molecule has 0 amide bonds. The number of fused-ring (bicyclic) bond motifs is 2. The van der Waals surface area contributed by atoms with Gasteiger partial charge in [0.2, 0.25) is 0 Å². The lowest BCUT2D eigenvalue weighted by Gasteiger charge is -2.34. The fourth-order valence-corrected chi connectivity index (χ4v) is 13.8. The van der Waals surface area contributed by atoms with Gasteiger partial charge < -0.3 is 43.0 Å². The van der Waals surface area contributed by atoms with Crippen molar-refractivity contribution in [3.05, 3.63) is 322 Å². The molecule has 0 aromatic heterocycles. The maximum atomic E-state index is 11.6. The molecule has 4 aliphatic rings. The third-order valence-corrected chi connectivity index (χ3v) is 18.9. The first kappa shape index (κ1) is 58.9. The van der Waals surface area contributed by atoms with Gasteiger partial charge in [-0.05, 0) is 180 Å². The van der Waals surface area contributed by atoms with E-state index in [9.17, 15) is 5.11 Å². The van der Waals surface area contributed by atoms with E-state index in [2.05, 4.69) is 210 Å². The molecule has 10 aromatic rings. The lowest BCUT2D eigenvalue weighted by atomic mass is 9.69. The number of hydrogen-bond acceptors (Lipinski definition) is 9. The van der Waals surface area contributed by atoms with Crippen molar-refractivity contribution in [3.8, 4) is 34.5 Å². The van der Waals surface area contributed by atoms with Crippen LogP contribution >= 0.6 is 0 Å². The molecule has 9 heteroatoms. The molecule has 2 fully saturated rings. The summed E-state index contributed by atoms with van der Waals surface area (Å²) in [5.74, 6) is 4.81. The smallest absolute Gasteiger partial charge is 0.127 e. The van der Waals surface area contributed by atoms with Crippen molar-refractivity contribution >= 4 is 0 Å². The molecule has 14 rings (SSSR count). The van der Waals surface area contributed by atoms with Crippen LogP contribution in [0.25, 0.3) is 0 Å². The van der Waals surface area contributed by atoms with Gasteiger partial charge in [0.05, 0.1) is 37.6 Å². The second kappa shape index (κ2) is 24.9. The third-order valence-electron chi connectivity index (χ3n) is 18.9. The largest absolute Gasteiger partial charge is 0.491 e. The number of epoxide rings is 2. The topological polar surface area (TPSA) is 101 Å². The Hall–Kier alpha value is -8.80. The Labute approximate surface area is 528 Å². The number of benzene rings is 10. The van der Waals surface area contributed by atoms with E-state index in [-0.39, 0.29) is 37.3 Å². The van der Waals surface area contributed by atoms with Crippen LogP contribution in [-0.2, 0) is 41.0 Å². The maximum Gasteiger partial charge on any atom is 0.127 e. The molecule has 90 heavy (non-hydrogen) atoms. The maximum absolute atomic E-state index is 11.6. The average Bonchev–Trinajstić information content (AvgIpc) is 1.55. The van der Waals surface area contributed by atoms with E-state index < -0.39 is 28.1 Å². The van der Waals surface area contributed by atoms with Gasteiger partial charge in [0.25, 0.3) is 0 Å². The minimum Gasteiger partial charge on any atom is -0.491 e. The quantitative estimate of drug-likeness (QED) is 0.0593. The fourth-order valence-electron chi connectivity index (χ4n) is 13.8. The normalized spacial score (nSPS) is 21.0. The second-order valence-corrected chi connectivity index (χ2v) is 25.5. The van der Waals surface area contributed by atoms with Gasteiger partial charge in [-0.15, -0.1) is 0 Å². The van der Waals surface area contributed by atoms with Crippen molar-refractivity contribution < 1.29 is 43.0 Å². The van der Waals surface area contributed by atoms with Gasteiger partial charge in [-0.1, -0.05) is 182 Å². The van der Waals surface area contributed by atoms with E-state index in [1.807, 2.05) is 72.8 Å². The number of aliphatic hydroxyl groups excluding tert-OH is 1. The molecule has 0 spiro atoms. The number of para-hydroxylation sites is 2. The van der Waals surface area contributed by atoms with Crippen molar-refractivity contribution in [2.24, 2.45) is 0 Å². The summed E-state index contributed by atoms with van der Waals surface area (Å²) < 4.78 is 49.7. The zero-order chi connectivity index (χ0) is 61.3. The first-order valence-corrected chi connectivity index (χ1v) is 31.6. The van der Waals surface area contributed by atoms with Crippen LogP contribution < -0.4 is 18.9 Å². The SMILES string of the molecule is CC(C)(OCC(O)COc1ccc(C2(c3ccc(C(C)(C)OCC4CO4)cc3)CC(c3ccccc3)c3ccc(Oc4ccccc4)cc32)cc1)c1ccc(C2(c3ccc(OCC4CO4)cc3)CC(c3ccccc3)c3ccc(Oc4ccccc4)cc32)cc1. The predicted molar refractivity (Wildman–Crippen MR) is 352 cm³/mol. The average molecular weight is 1190 g/mol. The lowest BCUT2D eigenvalue weighted by Crippen LogP contribution is -2.31. The summed E-state index contributed by atoms with van der Waals surface area (Å²) in [6, 6.07) is 89.7. The summed E-state index contributed by atoms with van der Waals surface area (Å²) in [5.41, 5.74) is 11.7. The van der Waals surface area contributed by atoms with E-state index >= 15 is 0 Å². The van der Waals surface area contributed by atoms with Gasteiger partial charge in [0.15, 0.2) is 0 Å². The highest BCUT2D eigenvalue weighted by atomic mass is 16.6. The van der Waals surface area contributed by atoms with Gasteiger partial charge in [-0.25, -0.2) is 0 Å². The van der Waals surface area contributed by atoms with Crippen LogP contribution in [0.2, 0.25) is 0 Å². The van der Waals surface area contributed by atoms with Crippen LogP contribution in [0.5, 0.6) is 34.5 Å². The van der Waals surface area contributed by atoms with Crippen LogP contribution in [0, 0.1) is 0 Å². The number of hydrogen-bond donors (Lipinski definition) is 1. The van der Waals surface area contributed by atoms with E-state index in [4.69, 9.17) is 37.9 Å². The van der Waals surface area contributed by atoms with Crippen molar-refractivity contribution in [1.29, 1.82) is 0 Å². The Morgan fingerprint density at radius 1 is 0.400 bits per heavy atom. The van der Waals surface area contributed by atoms with Crippen molar-refractivity contribution in [2.45, 2.75) is 92.7 Å². The minimum atomic E-state index is -0.904. The van der Waals surface area contributed by atoms with Crippen molar-refractivity contribution in [3.63, 3.8) is 0 Å². The molecule has 7 unspecified atom stereocenters. The highest BCUT2D eigenvalue weighted by Crippen LogP contribution is 2.59. The molecule has 2 saturated heterocycles. The summed E-state index contributed by atoms with van der Waals surface area (Å²) in [5, 5.41) is 11.6. The van der Waals surface area contributed by atoms with Gasteiger partial charge in [-0.2, -0.15) is 0 Å². The van der Waals surface area contributed by atoms with E-state index in [0.29, 0.717) is 19.0 Å². The summed E-state index contributed by atoms with van der Waals surface area (Å²) in [7, 11) is 0. The highest BCUT2D eigenvalue weighted by Gasteiger charge is 2.49. The molecule has 9 nitrogen and oxygen atoms in total. The fraction of sp³-hybridized carbons (Fsp3) is 0.259. The molecule has 0 saturated carbocycles. The van der Waals surface area contributed by atoms with Crippen molar-refractivity contribution in [2.75, 3.05) is 39.6 Å². The second-order valence-electron chi connectivity index (χ2n) is 25.5. The summed E-state index contributed by atoms with van der Waals surface area (Å²) in [6.07, 6.45) is 1.02. The summed E-state index contributed by atoms with van der Waals surface area (Å²) in [4.78, 5) is 0. The Morgan fingerprint density at radius 2 is 0.767 bits per heavy atom. The Morgan fingerprint density at radius 3 is 1.19 bits per heavy atom. The number of ether oxygens (including phenoxy) is 8. The van der Waals surface area contributed by atoms with E-state index in [1.165, 1.54) is 38.9 Å². The van der Waals surface area contributed by atoms with Gasteiger partial charge in [-0.3, -0.25) is 0 Å². The molecule has 2 aliphatic heterocycles. The van der Waals surface area contributed by atoms with Crippen molar-refractivity contribution in [1.82, 2.24) is 0 Å². The molecule has 10 aromatic carbocycles. The zero-order valence-corrected chi connectivity index (χ0v) is 51.5. The molecule has 1 N–H and O–H groups in total. The summed E-state index contributed by atoms with van der Waals surface area (Å²) >= 11 is 0. The molecular weight excluding hydrogens is 1120 g/mol. The Bertz CT molecular complexity index is 4040. The molecule has 2 aliphatic carbocycles. The molecule has 0 radical (unpaired) electrons. The van der Waals surface area contributed by atoms with Gasteiger partial charge >= 0.3 is 0 Å². The zero-order valence-electron chi connectivity index (χ0n) is 51.5. The third kappa shape index (κ3) is 12.2.